The van der Waals surface area contributed by atoms with Crippen LogP contribution in [0.3, 0.4) is 0 Å². The summed E-state index contributed by atoms with van der Waals surface area (Å²) in [5.41, 5.74) is 2.68. The van der Waals surface area contributed by atoms with Crippen LogP contribution in [-0.4, -0.2) is 31.8 Å². The van der Waals surface area contributed by atoms with Gasteiger partial charge in [-0.2, -0.15) is 4.31 Å². The molecule has 2 atom stereocenters. The number of carbonyl (C=O) groups excluding carboxylic acids is 1. The molecule has 1 aromatic carbocycles. The minimum absolute atomic E-state index is 0.0844. The second-order valence-electron chi connectivity index (χ2n) is 8.52. The molecule has 5 nitrogen and oxygen atoms in total. The number of fused-ring (bicyclic) bond motifs is 1. The van der Waals surface area contributed by atoms with Crippen LogP contribution in [0.15, 0.2) is 52.1 Å². The molecule has 0 unspecified atom stereocenters. The first-order valence-electron chi connectivity index (χ1n) is 9.61. The first-order valence-corrected chi connectivity index (χ1v) is 11.1. The van der Waals surface area contributed by atoms with Crippen molar-refractivity contribution < 1.29 is 17.9 Å². The molecular formula is C22H29NO4S. The third-order valence-corrected chi connectivity index (χ3v) is 8.03. The van der Waals surface area contributed by atoms with Crippen molar-refractivity contribution in [2.45, 2.75) is 46.4 Å². The second kappa shape index (κ2) is 7.16. The quantitative estimate of drug-likeness (QED) is 0.564. The van der Waals surface area contributed by atoms with E-state index < -0.39 is 15.4 Å². The van der Waals surface area contributed by atoms with Gasteiger partial charge in [-0.3, -0.25) is 4.79 Å². The van der Waals surface area contributed by atoms with Crippen LogP contribution in [0.1, 0.15) is 40.2 Å². The Balaban J connectivity index is 2.07. The van der Waals surface area contributed by atoms with E-state index in [2.05, 4.69) is 33.8 Å². The molecule has 2 aliphatic rings. The molecule has 1 aliphatic carbocycles. The number of ether oxygens (including phenoxy) is 1. The Morgan fingerprint density at radius 2 is 1.79 bits per heavy atom. The summed E-state index contributed by atoms with van der Waals surface area (Å²) in [5, 5.41) is 0. The van der Waals surface area contributed by atoms with Gasteiger partial charge in [-0.05, 0) is 37.5 Å². The normalized spacial score (nSPS) is 25.1. The van der Waals surface area contributed by atoms with Gasteiger partial charge in [0, 0.05) is 31.3 Å². The van der Waals surface area contributed by atoms with Gasteiger partial charge in [0.15, 0.2) is 0 Å². The maximum absolute atomic E-state index is 13.2. The first-order chi connectivity index (χ1) is 12.9. The van der Waals surface area contributed by atoms with Crippen LogP contribution in [0.4, 0.5) is 0 Å². The predicted molar refractivity (Wildman–Crippen MR) is 109 cm³/mol. The third-order valence-electron chi connectivity index (χ3n) is 6.21. The summed E-state index contributed by atoms with van der Waals surface area (Å²) in [4.78, 5) is 12.1. The van der Waals surface area contributed by atoms with E-state index in [1.54, 1.807) is 24.3 Å². The van der Waals surface area contributed by atoms with Crippen LogP contribution in [0.25, 0.3) is 0 Å². The lowest BCUT2D eigenvalue weighted by molar-refractivity contribution is -0.139. The van der Waals surface area contributed by atoms with E-state index >= 15 is 0 Å². The van der Waals surface area contributed by atoms with E-state index in [1.807, 2.05) is 6.92 Å². The molecular weight excluding hydrogens is 374 g/mol. The first kappa shape index (κ1) is 20.8. The summed E-state index contributed by atoms with van der Waals surface area (Å²) in [6.45, 7) is 12.2. The SMILES string of the molecule is CC(=O)OC1=C2CN(S(=O)(=O)c3ccc(C)cc3)C[C@H]2C=C(C)[C@@H](C)C1(C)C. The van der Waals surface area contributed by atoms with Crippen molar-refractivity contribution in [3.63, 3.8) is 0 Å². The number of allylic oxidation sites excluding steroid dienone is 2. The van der Waals surface area contributed by atoms with Gasteiger partial charge >= 0.3 is 5.97 Å². The molecule has 6 heteroatoms. The highest BCUT2D eigenvalue weighted by Gasteiger charge is 2.45. The maximum atomic E-state index is 13.2. The van der Waals surface area contributed by atoms with Gasteiger partial charge in [0.05, 0.1) is 4.90 Å². The molecule has 1 aliphatic heterocycles. The van der Waals surface area contributed by atoms with E-state index in [1.165, 1.54) is 16.8 Å². The van der Waals surface area contributed by atoms with Crippen LogP contribution in [0.5, 0.6) is 0 Å². The molecule has 3 rings (SSSR count). The Labute approximate surface area is 168 Å². The van der Waals surface area contributed by atoms with Crippen molar-refractivity contribution in [2.75, 3.05) is 13.1 Å². The van der Waals surface area contributed by atoms with Gasteiger partial charge in [-0.25, -0.2) is 8.42 Å². The topological polar surface area (TPSA) is 63.7 Å². The van der Waals surface area contributed by atoms with Crippen molar-refractivity contribution in [3.05, 3.63) is 52.8 Å². The number of rotatable bonds is 3. The molecule has 0 bridgehead atoms. The van der Waals surface area contributed by atoms with Crippen LogP contribution in [0.2, 0.25) is 0 Å². The zero-order chi connectivity index (χ0) is 20.9. The Bertz CT molecular complexity index is 955. The lowest BCUT2D eigenvalue weighted by atomic mass is 9.74. The zero-order valence-electron chi connectivity index (χ0n) is 17.4. The minimum Gasteiger partial charge on any atom is -0.431 e. The van der Waals surface area contributed by atoms with E-state index in [9.17, 15) is 13.2 Å². The number of carbonyl (C=O) groups is 1. The molecule has 1 heterocycles. The molecule has 1 saturated heterocycles. The van der Waals surface area contributed by atoms with Gasteiger partial charge in [-0.1, -0.05) is 50.1 Å². The maximum Gasteiger partial charge on any atom is 0.307 e. The largest absolute Gasteiger partial charge is 0.431 e. The van der Waals surface area contributed by atoms with Gasteiger partial charge in [-0.15, -0.1) is 0 Å². The van der Waals surface area contributed by atoms with Gasteiger partial charge in [0.25, 0.3) is 0 Å². The number of hydrogen-bond donors (Lipinski definition) is 0. The van der Waals surface area contributed by atoms with Crippen molar-refractivity contribution in [3.8, 4) is 0 Å². The lowest BCUT2D eigenvalue weighted by Gasteiger charge is -2.34. The van der Waals surface area contributed by atoms with Gasteiger partial charge in [0.2, 0.25) is 10.0 Å². The smallest absolute Gasteiger partial charge is 0.307 e. The Morgan fingerprint density at radius 3 is 2.36 bits per heavy atom. The minimum atomic E-state index is -3.62. The van der Waals surface area contributed by atoms with Crippen molar-refractivity contribution in [1.82, 2.24) is 4.31 Å². The molecule has 0 N–H and O–H groups in total. The highest BCUT2D eigenvalue weighted by atomic mass is 32.2. The predicted octanol–water partition coefficient (Wildman–Crippen LogP) is 4.05. The second-order valence-corrected chi connectivity index (χ2v) is 10.5. The van der Waals surface area contributed by atoms with Crippen molar-refractivity contribution >= 4 is 16.0 Å². The molecule has 1 aromatic rings. The van der Waals surface area contributed by atoms with Gasteiger partial charge < -0.3 is 4.74 Å². The molecule has 28 heavy (non-hydrogen) atoms. The molecule has 0 spiro atoms. The number of sulfonamides is 1. The number of hydrogen-bond acceptors (Lipinski definition) is 4. The molecule has 0 radical (unpaired) electrons. The molecule has 0 saturated carbocycles. The highest BCUT2D eigenvalue weighted by molar-refractivity contribution is 7.89. The van der Waals surface area contributed by atoms with E-state index in [4.69, 9.17) is 4.74 Å². The molecule has 152 valence electrons. The van der Waals surface area contributed by atoms with Gasteiger partial charge in [0.1, 0.15) is 5.76 Å². The summed E-state index contributed by atoms with van der Waals surface area (Å²) in [6, 6.07) is 6.90. The molecule has 0 amide bonds. The van der Waals surface area contributed by atoms with E-state index in [-0.39, 0.29) is 29.2 Å². The number of benzene rings is 1. The Kier molecular flexibility index (Phi) is 5.32. The zero-order valence-corrected chi connectivity index (χ0v) is 18.3. The summed E-state index contributed by atoms with van der Waals surface area (Å²) in [5.74, 6) is 0.342. The third kappa shape index (κ3) is 3.55. The van der Waals surface area contributed by atoms with Crippen LogP contribution >= 0.6 is 0 Å². The fourth-order valence-corrected chi connectivity index (χ4v) is 5.56. The summed E-state index contributed by atoms with van der Waals surface area (Å²) in [6.07, 6.45) is 2.14. The highest BCUT2D eigenvalue weighted by Crippen LogP contribution is 2.47. The number of esters is 1. The van der Waals surface area contributed by atoms with Crippen LogP contribution in [-0.2, 0) is 19.6 Å². The fraction of sp³-hybridized carbons (Fsp3) is 0.500. The van der Waals surface area contributed by atoms with Crippen molar-refractivity contribution in [2.24, 2.45) is 17.3 Å². The fourth-order valence-electron chi connectivity index (χ4n) is 4.12. The Hall–Kier alpha value is -1.92. The van der Waals surface area contributed by atoms with Crippen molar-refractivity contribution in [1.29, 1.82) is 0 Å². The molecule has 0 aromatic heterocycles. The van der Waals surface area contributed by atoms with E-state index in [0.717, 1.165) is 11.1 Å². The lowest BCUT2D eigenvalue weighted by Crippen LogP contribution is -2.31. The average molecular weight is 404 g/mol. The van der Waals surface area contributed by atoms with E-state index in [0.29, 0.717) is 12.3 Å². The standard InChI is InChI=1S/C22H29NO4S/c1-14-7-9-19(10-8-14)28(25,26)23-12-18-11-15(2)16(3)22(5,6)21(20(18)13-23)27-17(4)24/h7-11,16,18H,12-13H2,1-6H3/t16-,18-/m1/s1. The monoisotopic (exact) mass is 403 g/mol. The van der Waals surface area contributed by atoms with Crippen LogP contribution < -0.4 is 0 Å². The Morgan fingerprint density at radius 1 is 1.18 bits per heavy atom. The van der Waals surface area contributed by atoms with Crippen LogP contribution in [0, 0.1) is 24.2 Å². The summed E-state index contributed by atoms with van der Waals surface area (Å²) >= 11 is 0. The average Bonchev–Trinajstić information content (AvgIpc) is 3.00. The molecule has 1 fully saturated rings. The summed E-state index contributed by atoms with van der Waals surface area (Å²) in [7, 11) is -3.62. The summed E-state index contributed by atoms with van der Waals surface area (Å²) < 4.78 is 33.6. The number of aryl methyl sites for hydroxylation is 1. The number of nitrogens with zero attached hydrogens (tertiary/aromatic N) is 1.